The number of imidazole rings is 1. The largest absolute Gasteiger partial charge is 0.455 e. The highest BCUT2D eigenvalue weighted by Crippen LogP contribution is 2.31. The molecule has 2 aromatic heterocycles. The van der Waals surface area contributed by atoms with Crippen molar-refractivity contribution in [2.75, 3.05) is 11.5 Å². The Kier molecular flexibility index (Phi) is 4.01. The lowest BCUT2D eigenvalue weighted by Gasteiger charge is -2.22. The van der Waals surface area contributed by atoms with Crippen molar-refractivity contribution in [3.63, 3.8) is 0 Å². The Morgan fingerprint density at radius 3 is 3.04 bits per heavy atom. The van der Waals surface area contributed by atoms with Gasteiger partial charge in [0.05, 0.1) is 12.1 Å². The average Bonchev–Trinajstić information content (AvgIpc) is 3.24. The van der Waals surface area contributed by atoms with Crippen molar-refractivity contribution in [2.45, 2.75) is 25.8 Å². The number of carbonyl (C=O) groups is 2. The standard InChI is InChI=1S/C18H17N3O3S/c1-12-8-13-4-2-3-5-15(13)21(12)16(22)11-24-17(23)9-14-10-20-6-7-25-18(20)19-14/h2-7,10,12H,8-9,11H2,1H3/t12-/m0/s1. The minimum Gasteiger partial charge on any atom is -0.455 e. The smallest absolute Gasteiger partial charge is 0.312 e. The summed E-state index contributed by atoms with van der Waals surface area (Å²) >= 11 is 1.50. The van der Waals surface area contributed by atoms with Gasteiger partial charge in [0, 0.05) is 29.5 Å². The number of carbonyl (C=O) groups excluding carboxylic acids is 2. The van der Waals surface area contributed by atoms with Gasteiger partial charge in [0.1, 0.15) is 0 Å². The molecule has 25 heavy (non-hydrogen) atoms. The van der Waals surface area contributed by atoms with Crippen LogP contribution in [0.25, 0.3) is 4.96 Å². The number of aromatic nitrogens is 2. The van der Waals surface area contributed by atoms with Crippen molar-refractivity contribution in [2.24, 2.45) is 0 Å². The number of fused-ring (bicyclic) bond motifs is 2. The molecule has 0 spiro atoms. The van der Waals surface area contributed by atoms with E-state index in [0.717, 1.165) is 22.6 Å². The van der Waals surface area contributed by atoms with Gasteiger partial charge >= 0.3 is 5.97 Å². The zero-order valence-corrected chi connectivity index (χ0v) is 14.5. The molecule has 7 heteroatoms. The SMILES string of the molecule is C[C@H]1Cc2ccccc2N1C(=O)COC(=O)Cc1cn2ccsc2n1. The molecule has 6 nitrogen and oxygen atoms in total. The second-order valence-electron chi connectivity index (χ2n) is 6.11. The first-order chi connectivity index (χ1) is 12.1. The molecule has 3 aromatic rings. The van der Waals surface area contributed by atoms with Gasteiger partial charge in [-0.3, -0.25) is 14.0 Å². The van der Waals surface area contributed by atoms with Crippen molar-refractivity contribution in [1.29, 1.82) is 0 Å². The minimum atomic E-state index is -0.445. The summed E-state index contributed by atoms with van der Waals surface area (Å²) in [4.78, 5) is 31.4. The van der Waals surface area contributed by atoms with Crippen LogP contribution >= 0.6 is 11.3 Å². The lowest BCUT2D eigenvalue weighted by Crippen LogP contribution is -2.38. The number of amides is 1. The second kappa shape index (κ2) is 6.33. The zero-order chi connectivity index (χ0) is 17.4. The predicted molar refractivity (Wildman–Crippen MR) is 94.8 cm³/mol. The van der Waals surface area contributed by atoms with Crippen molar-refractivity contribution in [3.8, 4) is 0 Å². The highest BCUT2D eigenvalue weighted by molar-refractivity contribution is 7.15. The lowest BCUT2D eigenvalue weighted by atomic mass is 10.1. The Morgan fingerprint density at radius 1 is 1.36 bits per heavy atom. The van der Waals surface area contributed by atoms with E-state index in [2.05, 4.69) is 4.98 Å². The van der Waals surface area contributed by atoms with Crippen LogP contribution in [-0.4, -0.2) is 33.9 Å². The molecular weight excluding hydrogens is 338 g/mol. The van der Waals surface area contributed by atoms with Crippen molar-refractivity contribution in [3.05, 3.63) is 53.3 Å². The number of nitrogens with zero attached hydrogens (tertiary/aromatic N) is 3. The topological polar surface area (TPSA) is 63.9 Å². The van der Waals surface area contributed by atoms with E-state index in [1.807, 2.05) is 47.2 Å². The van der Waals surface area contributed by atoms with Gasteiger partial charge < -0.3 is 9.64 Å². The van der Waals surface area contributed by atoms with E-state index in [-0.39, 0.29) is 25.0 Å². The Balaban J connectivity index is 1.37. The maximum absolute atomic E-state index is 12.5. The minimum absolute atomic E-state index is 0.0633. The first kappa shape index (κ1) is 15.8. The van der Waals surface area contributed by atoms with Crippen LogP contribution in [0.1, 0.15) is 18.2 Å². The Labute approximate surface area is 148 Å². The predicted octanol–water partition coefficient (Wildman–Crippen LogP) is 2.46. The van der Waals surface area contributed by atoms with Gasteiger partial charge in [-0.2, -0.15) is 0 Å². The maximum Gasteiger partial charge on any atom is 0.312 e. The monoisotopic (exact) mass is 355 g/mol. The third-order valence-electron chi connectivity index (χ3n) is 4.30. The molecule has 3 heterocycles. The summed E-state index contributed by atoms with van der Waals surface area (Å²) in [5, 5.41) is 1.93. The highest BCUT2D eigenvalue weighted by Gasteiger charge is 2.30. The van der Waals surface area contributed by atoms with E-state index in [4.69, 9.17) is 4.74 Å². The van der Waals surface area contributed by atoms with E-state index >= 15 is 0 Å². The number of thiazole rings is 1. The molecule has 1 amide bonds. The van der Waals surface area contributed by atoms with E-state index < -0.39 is 5.97 Å². The van der Waals surface area contributed by atoms with Gasteiger partial charge in [0.15, 0.2) is 11.6 Å². The number of hydrogen-bond donors (Lipinski definition) is 0. The van der Waals surface area contributed by atoms with Gasteiger partial charge in [-0.05, 0) is 25.0 Å². The van der Waals surface area contributed by atoms with Crippen molar-refractivity contribution >= 4 is 33.9 Å². The molecular formula is C18H17N3O3S. The number of ether oxygens (including phenoxy) is 1. The first-order valence-electron chi connectivity index (χ1n) is 8.08. The molecule has 1 aliphatic heterocycles. The summed E-state index contributed by atoms with van der Waals surface area (Å²) in [6.45, 7) is 1.75. The van der Waals surface area contributed by atoms with Crippen LogP contribution in [0.15, 0.2) is 42.0 Å². The number of rotatable bonds is 4. The third-order valence-corrected chi connectivity index (χ3v) is 5.07. The number of anilines is 1. The van der Waals surface area contributed by atoms with E-state index in [1.54, 1.807) is 11.1 Å². The van der Waals surface area contributed by atoms with Crippen LogP contribution in [0.5, 0.6) is 0 Å². The fourth-order valence-corrected chi connectivity index (χ4v) is 3.94. The van der Waals surface area contributed by atoms with Crippen molar-refractivity contribution in [1.82, 2.24) is 9.38 Å². The number of benzene rings is 1. The Morgan fingerprint density at radius 2 is 2.20 bits per heavy atom. The molecule has 1 atom stereocenters. The molecule has 128 valence electrons. The fraction of sp³-hybridized carbons (Fsp3) is 0.278. The van der Waals surface area contributed by atoms with Gasteiger partial charge in [0.25, 0.3) is 5.91 Å². The molecule has 0 unspecified atom stereocenters. The number of hydrogen-bond acceptors (Lipinski definition) is 5. The summed E-state index contributed by atoms with van der Waals surface area (Å²) in [5.74, 6) is -0.643. The molecule has 4 rings (SSSR count). The van der Waals surface area contributed by atoms with E-state index in [9.17, 15) is 9.59 Å². The van der Waals surface area contributed by atoms with Crippen LogP contribution in [0.4, 0.5) is 5.69 Å². The summed E-state index contributed by atoms with van der Waals surface area (Å²) in [6.07, 6.45) is 4.57. The van der Waals surface area contributed by atoms with Gasteiger partial charge in [0.2, 0.25) is 0 Å². The second-order valence-corrected chi connectivity index (χ2v) is 6.98. The summed E-state index contributed by atoms with van der Waals surface area (Å²) < 4.78 is 7.04. The Bertz CT molecular complexity index is 917. The normalized spacial score (nSPS) is 16.2. The molecule has 0 bridgehead atoms. The summed E-state index contributed by atoms with van der Waals surface area (Å²) in [7, 11) is 0. The molecule has 0 radical (unpaired) electrons. The van der Waals surface area contributed by atoms with E-state index in [1.165, 1.54) is 11.3 Å². The lowest BCUT2D eigenvalue weighted by molar-refractivity contribution is -0.147. The molecule has 0 saturated heterocycles. The Hall–Kier alpha value is -2.67. The molecule has 0 aliphatic carbocycles. The average molecular weight is 355 g/mol. The molecule has 1 aliphatic rings. The van der Waals surface area contributed by atoms with Crippen LogP contribution < -0.4 is 4.90 Å². The van der Waals surface area contributed by atoms with Gasteiger partial charge in [-0.1, -0.05) is 18.2 Å². The van der Waals surface area contributed by atoms with Crippen LogP contribution in [0.2, 0.25) is 0 Å². The fourth-order valence-electron chi connectivity index (χ4n) is 3.22. The van der Waals surface area contributed by atoms with Crippen molar-refractivity contribution < 1.29 is 14.3 Å². The molecule has 0 N–H and O–H groups in total. The zero-order valence-electron chi connectivity index (χ0n) is 13.7. The summed E-state index contributed by atoms with van der Waals surface area (Å²) in [5.41, 5.74) is 2.70. The van der Waals surface area contributed by atoms with Crippen LogP contribution in [0.3, 0.4) is 0 Å². The van der Waals surface area contributed by atoms with E-state index in [0.29, 0.717) is 5.69 Å². The molecule has 0 saturated carbocycles. The number of esters is 1. The van der Waals surface area contributed by atoms with Gasteiger partial charge in [-0.25, -0.2) is 4.98 Å². The maximum atomic E-state index is 12.5. The quantitative estimate of drug-likeness (QED) is 0.675. The highest BCUT2D eigenvalue weighted by atomic mass is 32.1. The number of para-hydroxylation sites is 1. The summed E-state index contributed by atoms with van der Waals surface area (Å²) in [6, 6.07) is 7.90. The molecule has 1 aromatic carbocycles. The van der Waals surface area contributed by atoms with Gasteiger partial charge in [-0.15, -0.1) is 11.3 Å². The first-order valence-corrected chi connectivity index (χ1v) is 8.96. The van der Waals surface area contributed by atoms with Crippen LogP contribution in [0, 0.1) is 0 Å². The third kappa shape index (κ3) is 3.02. The van der Waals surface area contributed by atoms with Crippen LogP contribution in [-0.2, 0) is 27.2 Å². The molecule has 0 fully saturated rings.